The molecule has 0 amide bonds. The Kier molecular flexibility index (Phi) is 5.75. The van der Waals surface area contributed by atoms with Gasteiger partial charge in [-0.2, -0.15) is 0 Å². The van der Waals surface area contributed by atoms with Crippen molar-refractivity contribution in [3.05, 3.63) is 33.8 Å². The van der Waals surface area contributed by atoms with Crippen LogP contribution in [0.25, 0.3) is 0 Å². The van der Waals surface area contributed by atoms with E-state index in [1.54, 1.807) is 13.0 Å². The molecular formula is C12H16Cl2NO2+. The lowest BCUT2D eigenvalue weighted by Crippen LogP contribution is -3.08. The van der Waals surface area contributed by atoms with Crippen molar-refractivity contribution in [2.75, 3.05) is 20.2 Å². The highest BCUT2D eigenvalue weighted by atomic mass is 35.5. The Bertz CT molecular complexity index is 396. The number of nitrogens with one attached hydrogen (secondary N) is 1. The minimum atomic E-state index is -0.190. The van der Waals surface area contributed by atoms with Gasteiger partial charge in [-0.25, -0.2) is 4.79 Å². The fraction of sp³-hybridized carbons (Fsp3) is 0.417. The van der Waals surface area contributed by atoms with E-state index >= 15 is 0 Å². The lowest BCUT2D eigenvalue weighted by molar-refractivity contribution is -0.886. The van der Waals surface area contributed by atoms with Crippen molar-refractivity contribution in [2.45, 2.75) is 13.5 Å². The van der Waals surface area contributed by atoms with Crippen LogP contribution in [0, 0.1) is 0 Å². The summed E-state index contributed by atoms with van der Waals surface area (Å²) >= 11 is 11.7. The maximum atomic E-state index is 11.3. The zero-order chi connectivity index (χ0) is 12.8. The standard InChI is InChI=1S/C12H15Cl2NO2/c1-3-17-12(16)8-15(2)7-9-4-5-10(13)11(14)6-9/h4-6H,3,7-8H2,1-2H3/p+1. The van der Waals surface area contributed by atoms with Crippen LogP contribution in [0.2, 0.25) is 10.0 Å². The Hall–Kier alpha value is -0.770. The fourth-order valence-corrected chi connectivity index (χ4v) is 1.84. The molecule has 0 bridgehead atoms. The molecule has 0 fully saturated rings. The van der Waals surface area contributed by atoms with E-state index in [0.717, 1.165) is 10.5 Å². The van der Waals surface area contributed by atoms with Gasteiger partial charge in [-0.1, -0.05) is 29.3 Å². The summed E-state index contributed by atoms with van der Waals surface area (Å²) in [5, 5.41) is 1.08. The third-order valence-electron chi connectivity index (χ3n) is 2.24. The Morgan fingerprint density at radius 2 is 2.06 bits per heavy atom. The van der Waals surface area contributed by atoms with Gasteiger partial charge in [0.2, 0.25) is 0 Å². The Morgan fingerprint density at radius 3 is 2.65 bits per heavy atom. The molecule has 0 aliphatic heterocycles. The van der Waals surface area contributed by atoms with Crippen LogP contribution in [0.4, 0.5) is 0 Å². The number of carbonyl (C=O) groups is 1. The van der Waals surface area contributed by atoms with E-state index in [2.05, 4.69) is 0 Å². The molecule has 1 aromatic carbocycles. The van der Waals surface area contributed by atoms with Gasteiger partial charge in [0.25, 0.3) is 0 Å². The normalized spacial score (nSPS) is 12.2. The molecule has 0 aliphatic rings. The first-order valence-electron chi connectivity index (χ1n) is 5.43. The van der Waals surface area contributed by atoms with Crippen molar-refractivity contribution >= 4 is 29.2 Å². The Balaban J connectivity index is 2.53. The second-order valence-corrected chi connectivity index (χ2v) is 4.68. The molecular weight excluding hydrogens is 261 g/mol. The molecule has 0 saturated heterocycles. The quantitative estimate of drug-likeness (QED) is 0.828. The predicted octanol–water partition coefficient (Wildman–Crippen LogP) is 1.57. The van der Waals surface area contributed by atoms with Crippen LogP contribution in [0.5, 0.6) is 0 Å². The van der Waals surface area contributed by atoms with Crippen LogP contribution in [0.3, 0.4) is 0 Å². The van der Waals surface area contributed by atoms with Crippen molar-refractivity contribution in [2.24, 2.45) is 0 Å². The van der Waals surface area contributed by atoms with Gasteiger partial charge in [-0.3, -0.25) is 0 Å². The number of halogens is 2. The molecule has 3 nitrogen and oxygen atoms in total. The summed E-state index contributed by atoms with van der Waals surface area (Å²) in [4.78, 5) is 12.3. The van der Waals surface area contributed by atoms with Crippen molar-refractivity contribution in [3.63, 3.8) is 0 Å². The van der Waals surface area contributed by atoms with E-state index in [4.69, 9.17) is 27.9 Å². The maximum Gasteiger partial charge on any atom is 0.361 e. The molecule has 0 aromatic heterocycles. The number of benzene rings is 1. The second kappa shape index (κ2) is 6.84. The zero-order valence-electron chi connectivity index (χ0n) is 9.93. The average Bonchev–Trinajstić information content (AvgIpc) is 2.23. The average molecular weight is 277 g/mol. The lowest BCUT2D eigenvalue weighted by atomic mass is 10.2. The van der Waals surface area contributed by atoms with Crippen LogP contribution >= 0.6 is 23.2 Å². The minimum Gasteiger partial charge on any atom is -0.462 e. The second-order valence-electron chi connectivity index (χ2n) is 3.86. The van der Waals surface area contributed by atoms with E-state index in [1.165, 1.54) is 0 Å². The zero-order valence-corrected chi connectivity index (χ0v) is 11.4. The SMILES string of the molecule is CCOC(=O)C[NH+](C)Cc1ccc(Cl)c(Cl)c1. The van der Waals surface area contributed by atoms with Crippen molar-refractivity contribution in [3.8, 4) is 0 Å². The van der Waals surface area contributed by atoms with Gasteiger partial charge in [-0.15, -0.1) is 0 Å². The molecule has 1 atom stereocenters. The van der Waals surface area contributed by atoms with E-state index in [9.17, 15) is 4.79 Å². The molecule has 0 saturated carbocycles. The van der Waals surface area contributed by atoms with E-state index in [1.807, 2.05) is 19.2 Å². The number of ether oxygens (including phenoxy) is 1. The van der Waals surface area contributed by atoms with Gasteiger partial charge < -0.3 is 9.64 Å². The molecule has 5 heteroatoms. The summed E-state index contributed by atoms with van der Waals surface area (Å²) in [6.07, 6.45) is 0. The number of rotatable bonds is 5. The molecule has 1 unspecified atom stereocenters. The summed E-state index contributed by atoms with van der Waals surface area (Å²) < 4.78 is 4.89. The van der Waals surface area contributed by atoms with Crippen LogP contribution < -0.4 is 4.90 Å². The maximum absolute atomic E-state index is 11.3. The summed E-state index contributed by atoms with van der Waals surface area (Å²) in [6, 6.07) is 5.48. The summed E-state index contributed by atoms with van der Waals surface area (Å²) in [7, 11) is 1.93. The summed E-state index contributed by atoms with van der Waals surface area (Å²) in [6.45, 7) is 3.26. The van der Waals surface area contributed by atoms with Crippen LogP contribution in [-0.2, 0) is 16.1 Å². The van der Waals surface area contributed by atoms with Crippen LogP contribution in [-0.4, -0.2) is 26.2 Å². The highest BCUT2D eigenvalue weighted by Crippen LogP contribution is 2.22. The highest BCUT2D eigenvalue weighted by Gasteiger charge is 2.11. The molecule has 1 aromatic rings. The third-order valence-corrected chi connectivity index (χ3v) is 2.98. The van der Waals surface area contributed by atoms with Gasteiger partial charge in [0.05, 0.1) is 23.7 Å². The first-order valence-corrected chi connectivity index (χ1v) is 6.19. The van der Waals surface area contributed by atoms with E-state index in [-0.39, 0.29) is 5.97 Å². The van der Waals surface area contributed by atoms with Gasteiger partial charge in [0.1, 0.15) is 6.54 Å². The molecule has 17 heavy (non-hydrogen) atoms. The smallest absolute Gasteiger partial charge is 0.361 e. The fourth-order valence-electron chi connectivity index (χ4n) is 1.52. The first kappa shape index (κ1) is 14.3. The Labute approximate surface area is 111 Å². The van der Waals surface area contributed by atoms with Gasteiger partial charge in [-0.05, 0) is 19.1 Å². The predicted molar refractivity (Wildman–Crippen MR) is 68.6 cm³/mol. The van der Waals surface area contributed by atoms with Gasteiger partial charge in [0.15, 0.2) is 6.54 Å². The number of hydrogen-bond acceptors (Lipinski definition) is 2. The molecule has 0 spiro atoms. The summed E-state index contributed by atoms with van der Waals surface area (Å²) in [5.41, 5.74) is 1.04. The van der Waals surface area contributed by atoms with Gasteiger partial charge >= 0.3 is 5.97 Å². The monoisotopic (exact) mass is 276 g/mol. The number of quaternary nitrogens is 1. The van der Waals surface area contributed by atoms with Gasteiger partial charge in [0, 0.05) is 5.56 Å². The number of esters is 1. The van der Waals surface area contributed by atoms with Crippen molar-refractivity contribution in [1.82, 2.24) is 0 Å². The van der Waals surface area contributed by atoms with Crippen LogP contribution in [0.15, 0.2) is 18.2 Å². The topological polar surface area (TPSA) is 30.7 Å². The van der Waals surface area contributed by atoms with E-state index in [0.29, 0.717) is 29.7 Å². The molecule has 0 heterocycles. The van der Waals surface area contributed by atoms with Crippen molar-refractivity contribution < 1.29 is 14.4 Å². The van der Waals surface area contributed by atoms with Crippen molar-refractivity contribution in [1.29, 1.82) is 0 Å². The first-order chi connectivity index (χ1) is 8.02. The number of carbonyl (C=O) groups excluding carboxylic acids is 1. The largest absolute Gasteiger partial charge is 0.462 e. The third kappa shape index (κ3) is 4.94. The molecule has 0 radical (unpaired) electrons. The van der Waals surface area contributed by atoms with Crippen LogP contribution in [0.1, 0.15) is 12.5 Å². The van der Waals surface area contributed by atoms with E-state index < -0.39 is 0 Å². The molecule has 94 valence electrons. The number of likely N-dealkylation sites (N-methyl/N-ethyl adjacent to an activating group) is 1. The molecule has 1 N–H and O–H groups in total. The Morgan fingerprint density at radius 1 is 1.35 bits per heavy atom. The molecule has 1 rings (SSSR count). The minimum absolute atomic E-state index is 0.190. The summed E-state index contributed by atoms with van der Waals surface area (Å²) in [5.74, 6) is -0.190. The molecule has 0 aliphatic carbocycles. The lowest BCUT2D eigenvalue weighted by Gasteiger charge is -2.13. The highest BCUT2D eigenvalue weighted by molar-refractivity contribution is 6.42. The number of hydrogen-bond donors (Lipinski definition) is 1.